The number of rotatable bonds is 9. The molecule has 0 saturated heterocycles. The number of halogens is 1. The molecule has 0 amide bonds. The summed E-state index contributed by atoms with van der Waals surface area (Å²) in [4.78, 5) is 4.20. The molecule has 0 saturated carbocycles. The number of benzene rings is 1. The molecular formula is C19H29IN4O3S. The first-order chi connectivity index (χ1) is 12.9. The summed E-state index contributed by atoms with van der Waals surface area (Å²) in [5.74, 6) is 1.51. The Morgan fingerprint density at radius 1 is 1.11 bits per heavy atom. The Hall–Kier alpha value is -1.59. The number of nitrogens with zero attached hydrogens (tertiary/aromatic N) is 1. The third-order valence-corrected chi connectivity index (χ3v) is 5.31. The largest absolute Gasteiger partial charge is 0.469 e. The van der Waals surface area contributed by atoms with Crippen LogP contribution in [0, 0.1) is 0 Å². The predicted molar refractivity (Wildman–Crippen MR) is 123 cm³/mol. The van der Waals surface area contributed by atoms with Crippen molar-refractivity contribution in [2.75, 3.05) is 13.6 Å². The summed E-state index contributed by atoms with van der Waals surface area (Å²) < 4.78 is 32.4. The maximum atomic E-state index is 12.2. The zero-order valence-corrected chi connectivity index (χ0v) is 19.6. The summed E-state index contributed by atoms with van der Waals surface area (Å²) in [6.07, 6.45) is 2.41. The summed E-state index contributed by atoms with van der Waals surface area (Å²) in [6.45, 7) is 4.78. The normalized spacial score (nSPS) is 11.9. The molecular weight excluding hydrogens is 491 g/mol. The van der Waals surface area contributed by atoms with Crippen molar-refractivity contribution in [2.24, 2.45) is 4.99 Å². The smallest absolute Gasteiger partial charge is 0.216 e. The van der Waals surface area contributed by atoms with Crippen LogP contribution >= 0.6 is 24.0 Å². The Kier molecular flexibility index (Phi) is 10.5. The van der Waals surface area contributed by atoms with Crippen molar-refractivity contribution in [3.05, 3.63) is 59.5 Å². The van der Waals surface area contributed by atoms with Crippen molar-refractivity contribution in [3.63, 3.8) is 0 Å². The van der Waals surface area contributed by atoms with Gasteiger partial charge in [-0.05, 0) is 37.1 Å². The fourth-order valence-electron chi connectivity index (χ4n) is 2.63. The third kappa shape index (κ3) is 8.61. The Bertz CT molecular complexity index is 837. The first kappa shape index (κ1) is 24.4. The number of guanidine groups is 1. The molecule has 0 unspecified atom stereocenters. The lowest BCUT2D eigenvalue weighted by atomic mass is 10.1. The molecule has 28 heavy (non-hydrogen) atoms. The van der Waals surface area contributed by atoms with Gasteiger partial charge in [0.05, 0.1) is 12.0 Å². The molecule has 0 fully saturated rings. The van der Waals surface area contributed by atoms with Gasteiger partial charge in [-0.3, -0.25) is 4.99 Å². The fourth-order valence-corrected chi connectivity index (χ4v) is 4.13. The fraction of sp³-hybridized carbons (Fsp3) is 0.421. The molecule has 0 aliphatic carbocycles. The van der Waals surface area contributed by atoms with Crippen molar-refractivity contribution >= 4 is 40.0 Å². The van der Waals surface area contributed by atoms with Crippen molar-refractivity contribution in [1.29, 1.82) is 0 Å². The van der Waals surface area contributed by atoms with E-state index in [0.717, 1.165) is 23.3 Å². The number of nitrogens with one attached hydrogen (secondary N) is 3. The van der Waals surface area contributed by atoms with Crippen LogP contribution in [0.4, 0.5) is 0 Å². The van der Waals surface area contributed by atoms with Gasteiger partial charge in [0, 0.05) is 32.6 Å². The Morgan fingerprint density at radius 2 is 1.82 bits per heavy atom. The number of hydrogen-bond donors (Lipinski definition) is 3. The number of hydrogen-bond acceptors (Lipinski definition) is 4. The molecule has 1 aromatic carbocycles. The Morgan fingerprint density at radius 3 is 2.43 bits per heavy atom. The lowest BCUT2D eigenvalue weighted by Gasteiger charge is -2.15. The molecule has 1 aromatic heterocycles. The minimum atomic E-state index is -3.37. The van der Waals surface area contributed by atoms with E-state index in [1.54, 1.807) is 13.3 Å². The van der Waals surface area contributed by atoms with Gasteiger partial charge in [-0.25, -0.2) is 13.1 Å². The van der Waals surface area contributed by atoms with Crippen LogP contribution in [0.25, 0.3) is 0 Å². The van der Waals surface area contributed by atoms with Crippen LogP contribution in [0.2, 0.25) is 0 Å². The monoisotopic (exact) mass is 520 g/mol. The number of furan rings is 1. The zero-order chi connectivity index (χ0) is 19.7. The SMILES string of the molecule is CN=C(NCCc1ccco1)NCc1ccccc1CS(=O)(=O)NC(C)C.I. The van der Waals surface area contributed by atoms with E-state index < -0.39 is 10.0 Å². The van der Waals surface area contributed by atoms with Gasteiger partial charge in [0.1, 0.15) is 5.76 Å². The van der Waals surface area contributed by atoms with E-state index in [1.807, 2.05) is 50.2 Å². The number of sulfonamides is 1. The summed E-state index contributed by atoms with van der Waals surface area (Å²) in [6, 6.07) is 11.2. The van der Waals surface area contributed by atoms with Gasteiger partial charge >= 0.3 is 0 Å². The van der Waals surface area contributed by atoms with Crippen molar-refractivity contribution in [2.45, 2.75) is 38.6 Å². The minimum Gasteiger partial charge on any atom is -0.469 e. The average Bonchev–Trinajstić information content (AvgIpc) is 3.11. The lowest BCUT2D eigenvalue weighted by molar-refractivity contribution is 0.507. The van der Waals surface area contributed by atoms with E-state index in [-0.39, 0.29) is 35.8 Å². The highest BCUT2D eigenvalue weighted by molar-refractivity contribution is 14.0. The highest BCUT2D eigenvalue weighted by atomic mass is 127. The van der Waals surface area contributed by atoms with E-state index >= 15 is 0 Å². The second-order valence-corrected chi connectivity index (χ2v) is 8.24. The molecule has 0 aliphatic heterocycles. The summed E-state index contributed by atoms with van der Waals surface area (Å²) >= 11 is 0. The summed E-state index contributed by atoms with van der Waals surface area (Å²) in [5.41, 5.74) is 1.69. The van der Waals surface area contributed by atoms with Gasteiger partial charge in [0.15, 0.2) is 5.96 Å². The van der Waals surface area contributed by atoms with Gasteiger partial charge in [-0.1, -0.05) is 24.3 Å². The van der Waals surface area contributed by atoms with Crippen LogP contribution in [0.3, 0.4) is 0 Å². The molecule has 2 rings (SSSR count). The molecule has 0 atom stereocenters. The van der Waals surface area contributed by atoms with Gasteiger partial charge in [-0.15, -0.1) is 24.0 Å². The molecule has 156 valence electrons. The van der Waals surface area contributed by atoms with Crippen LogP contribution in [-0.2, 0) is 28.7 Å². The van der Waals surface area contributed by atoms with Crippen LogP contribution in [0.15, 0.2) is 52.1 Å². The quantitative estimate of drug-likeness (QED) is 0.269. The topological polar surface area (TPSA) is 95.7 Å². The molecule has 7 nitrogen and oxygen atoms in total. The van der Waals surface area contributed by atoms with Crippen LogP contribution in [-0.4, -0.2) is 34.0 Å². The molecule has 3 N–H and O–H groups in total. The second kappa shape index (κ2) is 12.1. The van der Waals surface area contributed by atoms with Crippen LogP contribution in [0.1, 0.15) is 30.7 Å². The molecule has 9 heteroatoms. The maximum Gasteiger partial charge on any atom is 0.216 e. The van der Waals surface area contributed by atoms with Gasteiger partial charge < -0.3 is 15.1 Å². The van der Waals surface area contributed by atoms with Gasteiger partial charge in [0.2, 0.25) is 10.0 Å². The van der Waals surface area contributed by atoms with E-state index in [9.17, 15) is 8.42 Å². The summed E-state index contributed by atoms with van der Waals surface area (Å²) in [5, 5.41) is 6.45. The molecule has 0 radical (unpaired) electrons. The summed E-state index contributed by atoms with van der Waals surface area (Å²) in [7, 11) is -1.67. The molecule has 0 bridgehead atoms. The third-order valence-electron chi connectivity index (χ3n) is 3.79. The molecule has 0 aliphatic rings. The number of aliphatic imine (C=N–C) groups is 1. The van der Waals surface area contributed by atoms with Crippen molar-refractivity contribution in [3.8, 4) is 0 Å². The Balaban J connectivity index is 0.00000392. The molecule has 1 heterocycles. The van der Waals surface area contributed by atoms with Gasteiger partial charge in [-0.2, -0.15) is 0 Å². The first-order valence-corrected chi connectivity index (χ1v) is 10.6. The van der Waals surface area contributed by atoms with Crippen molar-refractivity contribution in [1.82, 2.24) is 15.4 Å². The Labute approximate surface area is 184 Å². The maximum absolute atomic E-state index is 12.2. The predicted octanol–water partition coefficient (Wildman–Crippen LogP) is 2.63. The first-order valence-electron chi connectivity index (χ1n) is 8.93. The zero-order valence-electron chi connectivity index (χ0n) is 16.4. The van der Waals surface area contributed by atoms with E-state index in [2.05, 4.69) is 20.3 Å². The average molecular weight is 520 g/mol. The van der Waals surface area contributed by atoms with Crippen LogP contribution in [0.5, 0.6) is 0 Å². The lowest BCUT2D eigenvalue weighted by Crippen LogP contribution is -2.38. The van der Waals surface area contributed by atoms with E-state index in [4.69, 9.17) is 4.42 Å². The standard InChI is InChI=1S/C19H28N4O3S.HI/c1-15(2)23-27(24,25)14-17-8-5-4-7-16(17)13-22-19(20-3)21-11-10-18-9-6-12-26-18;/h4-9,12,15,23H,10-11,13-14H2,1-3H3,(H2,20,21,22);1H. The van der Waals surface area contributed by atoms with Crippen molar-refractivity contribution < 1.29 is 12.8 Å². The highest BCUT2D eigenvalue weighted by Gasteiger charge is 2.15. The van der Waals surface area contributed by atoms with Crippen LogP contribution < -0.4 is 15.4 Å². The molecule has 0 spiro atoms. The minimum absolute atomic E-state index is 0. The highest BCUT2D eigenvalue weighted by Crippen LogP contribution is 2.12. The van der Waals surface area contributed by atoms with Gasteiger partial charge in [0.25, 0.3) is 0 Å². The van der Waals surface area contributed by atoms with E-state index in [1.165, 1.54) is 0 Å². The molecule has 2 aromatic rings. The van der Waals surface area contributed by atoms with E-state index in [0.29, 0.717) is 19.0 Å². The second-order valence-electron chi connectivity index (χ2n) is 6.48.